The lowest BCUT2D eigenvalue weighted by Crippen LogP contribution is -2.41. The Bertz CT molecular complexity index is 482. The minimum atomic E-state index is -3.14. The third-order valence-electron chi connectivity index (χ3n) is 3.24. The summed E-state index contributed by atoms with van der Waals surface area (Å²) in [6.45, 7) is 0.0875. The molecule has 0 aromatic carbocycles. The minimum Gasteiger partial charge on any atom is -0.481 e. The topological polar surface area (TPSA) is 91.8 Å². The Morgan fingerprint density at radius 3 is 2.26 bits per heavy atom. The first kappa shape index (κ1) is 15.7. The maximum Gasteiger partial charge on any atom is 0.307 e. The third kappa shape index (κ3) is 4.66. The van der Waals surface area contributed by atoms with E-state index in [1.165, 1.54) is 11.9 Å². The Morgan fingerprint density at radius 1 is 1.26 bits per heavy atom. The molecular formula is C12H19NO5S. The van der Waals surface area contributed by atoms with Gasteiger partial charge in [-0.3, -0.25) is 9.59 Å². The molecule has 0 aromatic rings. The van der Waals surface area contributed by atoms with E-state index < -0.39 is 27.6 Å². The summed E-state index contributed by atoms with van der Waals surface area (Å²) in [7, 11) is -1.63. The molecule has 0 bridgehead atoms. The van der Waals surface area contributed by atoms with Gasteiger partial charge in [-0.2, -0.15) is 0 Å². The smallest absolute Gasteiger partial charge is 0.307 e. The number of carboxylic acids is 1. The summed E-state index contributed by atoms with van der Waals surface area (Å²) in [6.07, 6.45) is 5.39. The van der Waals surface area contributed by atoms with Gasteiger partial charge in [0, 0.05) is 19.8 Å². The Kier molecular flexibility index (Phi) is 5.11. The van der Waals surface area contributed by atoms with Crippen LogP contribution in [0.5, 0.6) is 0 Å². The van der Waals surface area contributed by atoms with Gasteiger partial charge in [-0.25, -0.2) is 8.42 Å². The number of nitrogens with zero attached hydrogens (tertiary/aromatic N) is 1. The van der Waals surface area contributed by atoms with Crippen molar-refractivity contribution >= 4 is 21.7 Å². The van der Waals surface area contributed by atoms with Crippen molar-refractivity contribution in [1.29, 1.82) is 0 Å². The van der Waals surface area contributed by atoms with Crippen molar-refractivity contribution in [3.05, 3.63) is 12.2 Å². The molecule has 6 nitrogen and oxygen atoms in total. The average molecular weight is 289 g/mol. The number of hydrogen-bond acceptors (Lipinski definition) is 4. The number of aliphatic carboxylic acids is 1. The van der Waals surface area contributed by atoms with Crippen LogP contribution in [0.4, 0.5) is 0 Å². The van der Waals surface area contributed by atoms with Crippen LogP contribution in [-0.2, 0) is 19.4 Å². The fourth-order valence-corrected chi connectivity index (χ4v) is 2.66. The number of carbonyl (C=O) groups excluding carboxylic acids is 1. The SMILES string of the molecule is CN(CCS(C)(=O)=O)C(=O)C1CC=CCC1C(=O)O. The summed E-state index contributed by atoms with van der Waals surface area (Å²) in [5, 5.41) is 9.10. The molecule has 2 unspecified atom stereocenters. The second kappa shape index (κ2) is 6.18. The van der Waals surface area contributed by atoms with Gasteiger partial charge in [0.25, 0.3) is 0 Å². The van der Waals surface area contributed by atoms with Crippen LogP contribution in [0.2, 0.25) is 0 Å². The second-order valence-electron chi connectivity index (χ2n) is 4.88. The lowest BCUT2D eigenvalue weighted by molar-refractivity contribution is -0.150. The molecule has 7 heteroatoms. The number of carboxylic acid groups (broad SMARTS) is 1. The zero-order chi connectivity index (χ0) is 14.6. The van der Waals surface area contributed by atoms with E-state index in [4.69, 9.17) is 5.11 Å². The molecule has 0 aromatic heterocycles. The zero-order valence-corrected chi connectivity index (χ0v) is 11.9. The van der Waals surface area contributed by atoms with Gasteiger partial charge in [-0.05, 0) is 12.8 Å². The molecule has 0 heterocycles. The maximum absolute atomic E-state index is 12.2. The van der Waals surface area contributed by atoms with Crippen molar-refractivity contribution in [3.8, 4) is 0 Å². The molecule has 1 aliphatic carbocycles. The van der Waals surface area contributed by atoms with Gasteiger partial charge in [-0.15, -0.1) is 0 Å². The van der Waals surface area contributed by atoms with Crippen LogP contribution >= 0.6 is 0 Å². The molecule has 0 saturated carbocycles. The molecule has 0 aliphatic heterocycles. The summed E-state index contributed by atoms with van der Waals surface area (Å²) >= 11 is 0. The summed E-state index contributed by atoms with van der Waals surface area (Å²) in [5.74, 6) is -2.74. The normalized spacial score (nSPS) is 23.1. The second-order valence-corrected chi connectivity index (χ2v) is 7.14. The Balaban J connectivity index is 2.69. The molecule has 0 saturated heterocycles. The van der Waals surface area contributed by atoms with E-state index in [2.05, 4.69) is 0 Å². The van der Waals surface area contributed by atoms with Crippen molar-refractivity contribution in [1.82, 2.24) is 4.90 Å². The first-order valence-electron chi connectivity index (χ1n) is 6.03. The van der Waals surface area contributed by atoms with Gasteiger partial charge in [0.1, 0.15) is 9.84 Å². The highest BCUT2D eigenvalue weighted by Gasteiger charge is 2.35. The van der Waals surface area contributed by atoms with E-state index in [9.17, 15) is 18.0 Å². The van der Waals surface area contributed by atoms with Crippen LogP contribution in [0.15, 0.2) is 12.2 Å². The summed E-state index contributed by atoms with van der Waals surface area (Å²) in [5.41, 5.74) is 0. The predicted molar refractivity (Wildman–Crippen MR) is 70.3 cm³/mol. The van der Waals surface area contributed by atoms with Crippen molar-refractivity contribution in [2.45, 2.75) is 12.8 Å². The quantitative estimate of drug-likeness (QED) is 0.728. The van der Waals surface area contributed by atoms with Crippen molar-refractivity contribution in [2.75, 3.05) is 25.6 Å². The van der Waals surface area contributed by atoms with Crippen LogP contribution in [0.1, 0.15) is 12.8 Å². The molecule has 0 spiro atoms. The van der Waals surface area contributed by atoms with Gasteiger partial charge >= 0.3 is 5.97 Å². The maximum atomic E-state index is 12.2. The highest BCUT2D eigenvalue weighted by molar-refractivity contribution is 7.90. The molecule has 0 radical (unpaired) electrons. The number of rotatable bonds is 5. The highest BCUT2D eigenvalue weighted by Crippen LogP contribution is 2.27. The average Bonchev–Trinajstić information content (AvgIpc) is 2.34. The monoisotopic (exact) mass is 289 g/mol. The highest BCUT2D eigenvalue weighted by atomic mass is 32.2. The number of allylic oxidation sites excluding steroid dienone is 2. The van der Waals surface area contributed by atoms with Gasteiger partial charge in [-0.1, -0.05) is 12.2 Å². The van der Waals surface area contributed by atoms with E-state index >= 15 is 0 Å². The first-order valence-corrected chi connectivity index (χ1v) is 8.09. The molecule has 1 N–H and O–H groups in total. The van der Waals surface area contributed by atoms with Crippen LogP contribution < -0.4 is 0 Å². The summed E-state index contributed by atoms with van der Waals surface area (Å²) in [6, 6.07) is 0. The van der Waals surface area contributed by atoms with Crippen LogP contribution in [0.25, 0.3) is 0 Å². The molecule has 1 rings (SSSR count). The predicted octanol–water partition coefficient (Wildman–Crippen LogP) is 0.156. The Labute approximate surface area is 113 Å². The van der Waals surface area contributed by atoms with Crippen molar-refractivity contribution < 1.29 is 23.1 Å². The zero-order valence-electron chi connectivity index (χ0n) is 11.1. The van der Waals surface area contributed by atoms with Crippen molar-refractivity contribution in [2.24, 2.45) is 11.8 Å². The molecular weight excluding hydrogens is 270 g/mol. The number of amides is 1. The summed E-state index contributed by atoms with van der Waals surface area (Å²) < 4.78 is 22.1. The van der Waals surface area contributed by atoms with Gasteiger partial charge in [0.05, 0.1) is 17.6 Å². The molecule has 0 fully saturated rings. The Hall–Kier alpha value is -1.37. The molecule has 2 atom stereocenters. The lowest BCUT2D eigenvalue weighted by atomic mass is 9.82. The standard InChI is InChI=1S/C12H19NO5S/c1-13(7-8-19(2,17)18)11(14)9-5-3-4-6-10(9)12(15)16/h3-4,9-10H,5-8H2,1-2H3,(H,15,16). The van der Waals surface area contributed by atoms with Crippen molar-refractivity contribution in [3.63, 3.8) is 0 Å². The Morgan fingerprint density at radius 2 is 1.79 bits per heavy atom. The largest absolute Gasteiger partial charge is 0.481 e. The van der Waals surface area contributed by atoms with E-state index in [0.717, 1.165) is 6.26 Å². The first-order chi connectivity index (χ1) is 8.72. The molecule has 1 aliphatic rings. The fraction of sp³-hybridized carbons (Fsp3) is 0.667. The van der Waals surface area contributed by atoms with Crippen LogP contribution in [0, 0.1) is 11.8 Å². The molecule has 108 valence electrons. The lowest BCUT2D eigenvalue weighted by Gasteiger charge is -2.28. The molecule has 19 heavy (non-hydrogen) atoms. The fourth-order valence-electron chi connectivity index (χ4n) is 2.06. The summed E-state index contributed by atoms with van der Waals surface area (Å²) in [4.78, 5) is 24.6. The molecule has 1 amide bonds. The van der Waals surface area contributed by atoms with E-state index in [-0.39, 0.29) is 18.2 Å². The van der Waals surface area contributed by atoms with Gasteiger partial charge < -0.3 is 10.0 Å². The minimum absolute atomic E-state index is 0.0875. The van der Waals surface area contributed by atoms with Gasteiger partial charge in [0.15, 0.2) is 0 Å². The van der Waals surface area contributed by atoms with Gasteiger partial charge in [0.2, 0.25) is 5.91 Å². The van der Waals surface area contributed by atoms with Crippen LogP contribution in [-0.4, -0.2) is 55.9 Å². The number of carbonyl (C=O) groups is 2. The van der Waals surface area contributed by atoms with Crippen LogP contribution in [0.3, 0.4) is 0 Å². The van der Waals surface area contributed by atoms with E-state index in [1.807, 2.05) is 0 Å². The van der Waals surface area contributed by atoms with E-state index in [1.54, 1.807) is 12.2 Å². The number of hydrogen-bond donors (Lipinski definition) is 1. The number of sulfone groups is 1. The third-order valence-corrected chi connectivity index (χ3v) is 4.16. The van der Waals surface area contributed by atoms with E-state index in [0.29, 0.717) is 12.8 Å².